The second-order valence-corrected chi connectivity index (χ2v) is 2.55. The van der Waals surface area contributed by atoms with Gasteiger partial charge in [0.25, 0.3) is 0 Å². The lowest BCUT2D eigenvalue weighted by Crippen LogP contribution is -2.29. The Bertz CT molecular complexity index is 215. The third-order valence-electron chi connectivity index (χ3n) is 1.78. The quantitative estimate of drug-likeness (QED) is 0.587. The zero-order valence-corrected chi connectivity index (χ0v) is 6.64. The average Bonchev–Trinajstić information content (AvgIpc) is 2.04. The number of hydrogen-bond donors (Lipinski definition) is 2. The van der Waals surface area contributed by atoms with Gasteiger partial charge in [0.15, 0.2) is 6.17 Å². The molecule has 0 fully saturated rings. The Kier molecular flexibility index (Phi) is 2.89. The SMILES string of the molecule is COC1=CC=CC(B(O)O)C1F. The summed E-state index contributed by atoms with van der Waals surface area (Å²) in [6.45, 7) is 0. The van der Waals surface area contributed by atoms with Gasteiger partial charge < -0.3 is 14.8 Å². The summed E-state index contributed by atoms with van der Waals surface area (Å²) in [5.74, 6) is -0.805. The number of hydrogen-bond acceptors (Lipinski definition) is 3. The number of halogens is 1. The summed E-state index contributed by atoms with van der Waals surface area (Å²) >= 11 is 0. The van der Waals surface area contributed by atoms with Crippen molar-refractivity contribution in [1.29, 1.82) is 0 Å². The van der Waals surface area contributed by atoms with Crippen LogP contribution in [0.3, 0.4) is 0 Å². The molecule has 1 aliphatic rings. The minimum atomic E-state index is -1.69. The third kappa shape index (κ3) is 1.68. The van der Waals surface area contributed by atoms with E-state index in [1.54, 1.807) is 6.08 Å². The fourth-order valence-electron chi connectivity index (χ4n) is 1.09. The van der Waals surface area contributed by atoms with Crippen LogP contribution in [0.5, 0.6) is 0 Å². The van der Waals surface area contributed by atoms with Crippen LogP contribution < -0.4 is 0 Å². The molecule has 0 amide bonds. The van der Waals surface area contributed by atoms with E-state index < -0.39 is 19.1 Å². The van der Waals surface area contributed by atoms with Gasteiger partial charge in [0.1, 0.15) is 5.76 Å². The fraction of sp³-hybridized carbons (Fsp3) is 0.429. The highest BCUT2D eigenvalue weighted by Crippen LogP contribution is 2.28. The average molecular weight is 172 g/mol. The fourth-order valence-corrected chi connectivity index (χ4v) is 1.09. The molecule has 5 heteroatoms. The summed E-state index contributed by atoms with van der Waals surface area (Å²) in [5.41, 5.74) is 0. The van der Waals surface area contributed by atoms with Crippen LogP contribution in [0.4, 0.5) is 4.39 Å². The van der Waals surface area contributed by atoms with Crippen molar-refractivity contribution in [2.45, 2.75) is 12.0 Å². The Labute approximate surface area is 70.3 Å². The van der Waals surface area contributed by atoms with Crippen LogP contribution in [0.1, 0.15) is 0 Å². The van der Waals surface area contributed by atoms with E-state index in [9.17, 15) is 4.39 Å². The Morgan fingerprint density at radius 2 is 2.25 bits per heavy atom. The first-order valence-electron chi connectivity index (χ1n) is 3.59. The summed E-state index contributed by atoms with van der Waals surface area (Å²) in [5, 5.41) is 17.5. The van der Waals surface area contributed by atoms with Crippen LogP contribution in [-0.2, 0) is 4.74 Å². The van der Waals surface area contributed by atoms with Gasteiger partial charge in [-0.2, -0.15) is 0 Å². The van der Waals surface area contributed by atoms with Crippen molar-refractivity contribution in [3.05, 3.63) is 24.0 Å². The Morgan fingerprint density at radius 3 is 2.75 bits per heavy atom. The van der Waals surface area contributed by atoms with Crippen molar-refractivity contribution in [2.75, 3.05) is 7.11 Å². The molecular weight excluding hydrogens is 162 g/mol. The normalized spacial score (nSPS) is 28.2. The molecule has 12 heavy (non-hydrogen) atoms. The van der Waals surface area contributed by atoms with Crippen LogP contribution in [0, 0.1) is 0 Å². The number of alkyl halides is 1. The van der Waals surface area contributed by atoms with E-state index in [1.165, 1.54) is 19.3 Å². The molecule has 0 spiro atoms. The standard InChI is InChI=1S/C7H10BFO3/c1-12-6-4-2-3-5(7(6)9)8(10)11/h2-5,7,10-11H,1H3. The van der Waals surface area contributed by atoms with E-state index >= 15 is 0 Å². The second kappa shape index (κ2) is 3.73. The van der Waals surface area contributed by atoms with E-state index in [4.69, 9.17) is 14.8 Å². The lowest BCUT2D eigenvalue weighted by molar-refractivity contribution is 0.194. The number of ether oxygens (including phenoxy) is 1. The van der Waals surface area contributed by atoms with Crippen molar-refractivity contribution in [3.8, 4) is 0 Å². The first-order chi connectivity index (χ1) is 5.66. The maximum Gasteiger partial charge on any atom is 0.462 e. The highest BCUT2D eigenvalue weighted by molar-refractivity contribution is 6.44. The van der Waals surface area contributed by atoms with Gasteiger partial charge in [0, 0.05) is 0 Å². The maximum atomic E-state index is 13.2. The van der Waals surface area contributed by atoms with E-state index in [1.807, 2.05) is 0 Å². The van der Waals surface area contributed by atoms with Crippen LogP contribution in [0.2, 0.25) is 5.82 Å². The zero-order chi connectivity index (χ0) is 9.14. The first kappa shape index (κ1) is 9.28. The number of methoxy groups -OCH3 is 1. The van der Waals surface area contributed by atoms with Crippen molar-refractivity contribution in [3.63, 3.8) is 0 Å². The lowest BCUT2D eigenvalue weighted by Gasteiger charge is -2.21. The van der Waals surface area contributed by atoms with Gasteiger partial charge in [0.05, 0.1) is 12.9 Å². The predicted octanol–water partition coefficient (Wildman–Crippen LogP) is 0.268. The Hall–Kier alpha value is -0.805. The van der Waals surface area contributed by atoms with Gasteiger partial charge >= 0.3 is 7.12 Å². The van der Waals surface area contributed by atoms with E-state index in [0.717, 1.165) is 0 Å². The highest BCUT2D eigenvalue weighted by Gasteiger charge is 2.34. The first-order valence-corrected chi connectivity index (χ1v) is 3.59. The number of rotatable bonds is 2. The van der Waals surface area contributed by atoms with E-state index in [2.05, 4.69) is 0 Å². The minimum Gasteiger partial charge on any atom is -0.498 e. The molecule has 0 saturated heterocycles. The van der Waals surface area contributed by atoms with Gasteiger partial charge in [-0.25, -0.2) is 4.39 Å². The summed E-state index contributed by atoms with van der Waals surface area (Å²) in [4.78, 5) is 0. The lowest BCUT2D eigenvalue weighted by atomic mass is 9.68. The second-order valence-electron chi connectivity index (χ2n) is 2.55. The molecule has 66 valence electrons. The topological polar surface area (TPSA) is 49.7 Å². The molecular formula is C7H10BFO3. The molecule has 3 nitrogen and oxygen atoms in total. The van der Waals surface area contributed by atoms with Crippen molar-refractivity contribution in [2.24, 2.45) is 0 Å². The monoisotopic (exact) mass is 172 g/mol. The maximum absolute atomic E-state index is 13.2. The Balaban J connectivity index is 2.74. The summed E-state index contributed by atoms with van der Waals surface area (Å²) in [7, 11) is -0.339. The van der Waals surface area contributed by atoms with E-state index in [-0.39, 0.29) is 5.76 Å². The molecule has 1 aliphatic carbocycles. The van der Waals surface area contributed by atoms with Crippen LogP contribution >= 0.6 is 0 Å². The molecule has 0 aromatic rings. The Morgan fingerprint density at radius 1 is 1.58 bits per heavy atom. The highest BCUT2D eigenvalue weighted by atomic mass is 19.1. The molecule has 0 bridgehead atoms. The van der Waals surface area contributed by atoms with Gasteiger partial charge in [-0.05, 0) is 6.08 Å². The molecule has 0 aromatic carbocycles. The van der Waals surface area contributed by atoms with Crippen LogP contribution in [0.25, 0.3) is 0 Å². The molecule has 0 heterocycles. The molecule has 2 atom stereocenters. The van der Waals surface area contributed by atoms with Gasteiger partial charge in [-0.3, -0.25) is 0 Å². The van der Waals surface area contributed by atoms with Gasteiger partial charge in [0.2, 0.25) is 0 Å². The minimum absolute atomic E-state index is 0.121. The third-order valence-corrected chi connectivity index (χ3v) is 1.78. The van der Waals surface area contributed by atoms with Crippen LogP contribution in [-0.4, -0.2) is 30.4 Å². The van der Waals surface area contributed by atoms with Gasteiger partial charge in [-0.15, -0.1) is 0 Å². The summed E-state index contributed by atoms with van der Waals surface area (Å²) in [6, 6.07) is 0. The molecule has 1 rings (SSSR count). The zero-order valence-electron chi connectivity index (χ0n) is 6.64. The molecule has 0 aromatic heterocycles. The summed E-state index contributed by atoms with van der Waals surface area (Å²) < 4.78 is 17.9. The smallest absolute Gasteiger partial charge is 0.462 e. The molecule has 2 unspecified atom stereocenters. The van der Waals surface area contributed by atoms with Crippen LogP contribution in [0.15, 0.2) is 24.0 Å². The molecule has 0 saturated carbocycles. The van der Waals surface area contributed by atoms with Crippen molar-refractivity contribution >= 4 is 7.12 Å². The number of allylic oxidation sites excluding steroid dienone is 4. The summed E-state index contributed by atoms with van der Waals surface area (Å²) in [6.07, 6.45) is 2.93. The molecule has 0 radical (unpaired) electrons. The largest absolute Gasteiger partial charge is 0.498 e. The molecule has 0 aliphatic heterocycles. The van der Waals surface area contributed by atoms with Gasteiger partial charge in [-0.1, -0.05) is 12.2 Å². The van der Waals surface area contributed by atoms with Crippen molar-refractivity contribution < 1.29 is 19.2 Å². The predicted molar refractivity (Wildman–Crippen MR) is 43.1 cm³/mol. The van der Waals surface area contributed by atoms with E-state index in [0.29, 0.717) is 0 Å². The van der Waals surface area contributed by atoms with Crippen molar-refractivity contribution in [1.82, 2.24) is 0 Å². The molecule has 2 N–H and O–H groups in total.